The van der Waals surface area contributed by atoms with Gasteiger partial charge in [0, 0.05) is 0 Å². The number of carbonyl (C=O) groups is 1. The van der Waals surface area contributed by atoms with Crippen LogP contribution in [0.3, 0.4) is 0 Å². The quantitative estimate of drug-likeness (QED) is 0.377. The molecule has 2 rings (SSSR count). The summed E-state index contributed by atoms with van der Waals surface area (Å²) in [5, 5.41) is 38.1. The first kappa shape index (κ1) is 20.4. The molecule has 1 aromatic rings. The van der Waals surface area contributed by atoms with E-state index in [1.165, 1.54) is 6.07 Å². The molecular weight excluding hydrogens is 405 g/mol. The first-order valence-electron chi connectivity index (χ1n) is 6.89. The smallest absolute Gasteiger partial charge is 0.346 e. The molecule has 1 fully saturated rings. The molecule has 25 heavy (non-hydrogen) atoms. The van der Waals surface area contributed by atoms with E-state index in [0.29, 0.717) is 0 Å². The molecule has 1 aromatic heterocycles. The molecule has 0 spiro atoms. The summed E-state index contributed by atoms with van der Waals surface area (Å²) in [6.45, 7) is -1.32. The van der Waals surface area contributed by atoms with Crippen LogP contribution < -0.4 is 4.74 Å². The van der Waals surface area contributed by atoms with Crippen molar-refractivity contribution in [1.29, 1.82) is 0 Å². The molecule has 0 aromatic carbocycles. The Balaban J connectivity index is 1.95. The Bertz CT molecular complexity index is 632. The topological polar surface area (TPSA) is 139 Å². The van der Waals surface area contributed by atoms with Crippen molar-refractivity contribution in [2.75, 3.05) is 13.2 Å². The number of carbonyl (C=O) groups excluding carboxylic acids is 1. The van der Waals surface area contributed by atoms with E-state index < -0.39 is 49.9 Å². The molecule has 0 bridgehead atoms. The lowest BCUT2D eigenvalue weighted by atomic mass is 9.99. The Labute approximate surface area is 156 Å². The molecule has 140 valence electrons. The predicted octanol–water partition coefficient (Wildman–Crippen LogP) is -0.236. The number of aliphatic hydroxyl groups is 4. The third-order valence-corrected chi connectivity index (χ3v) is 4.22. The van der Waals surface area contributed by atoms with Crippen molar-refractivity contribution in [2.24, 2.45) is 0 Å². The van der Waals surface area contributed by atoms with Crippen LogP contribution in [0.5, 0.6) is 5.88 Å². The van der Waals surface area contributed by atoms with Gasteiger partial charge in [-0.15, -0.1) is 0 Å². The van der Waals surface area contributed by atoms with Crippen LogP contribution in [0.4, 0.5) is 0 Å². The minimum Gasteiger partial charge on any atom is -0.465 e. The standard InChI is InChI=1S/C13H14Cl3NO8/c14-4-1-5(15)12(17-11(4)16)23-3-7(19)25-13-10(22)9(21)8(20)6(2-18)24-13/h1,6,8-10,13,18,20-22H,2-3H2/t6-,8-,9+,10-,13+/m1/s1. The van der Waals surface area contributed by atoms with E-state index in [2.05, 4.69) is 4.98 Å². The number of nitrogens with zero attached hydrogens (tertiary/aromatic N) is 1. The molecule has 12 heteroatoms. The monoisotopic (exact) mass is 417 g/mol. The Morgan fingerprint density at radius 3 is 2.48 bits per heavy atom. The van der Waals surface area contributed by atoms with Crippen molar-refractivity contribution in [3.63, 3.8) is 0 Å². The number of esters is 1. The van der Waals surface area contributed by atoms with Gasteiger partial charge in [-0.2, -0.15) is 4.98 Å². The molecule has 1 aliphatic heterocycles. The zero-order valence-corrected chi connectivity index (χ0v) is 14.6. The number of hydrogen-bond acceptors (Lipinski definition) is 9. The molecule has 5 atom stereocenters. The number of pyridine rings is 1. The van der Waals surface area contributed by atoms with Crippen LogP contribution in [0.25, 0.3) is 0 Å². The van der Waals surface area contributed by atoms with E-state index in [0.717, 1.165) is 0 Å². The van der Waals surface area contributed by atoms with Crippen LogP contribution in [0, 0.1) is 0 Å². The second-order valence-corrected chi connectivity index (χ2v) is 6.20. The van der Waals surface area contributed by atoms with Gasteiger partial charge >= 0.3 is 5.97 Å². The van der Waals surface area contributed by atoms with Gasteiger partial charge < -0.3 is 34.6 Å². The average Bonchev–Trinajstić information content (AvgIpc) is 2.57. The lowest BCUT2D eigenvalue weighted by Crippen LogP contribution is -2.59. The first-order chi connectivity index (χ1) is 11.7. The van der Waals surface area contributed by atoms with E-state index in [1.807, 2.05) is 0 Å². The second-order valence-electron chi connectivity index (χ2n) is 5.02. The van der Waals surface area contributed by atoms with E-state index in [4.69, 9.17) is 54.1 Å². The summed E-state index contributed by atoms with van der Waals surface area (Å²) in [5.74, 6) is -1.16. The zero-order chi connectivity index (χ0) is 18.7. The number of rotatable bonds is 5. The molecule has 0 unspecified atom stereocenters. The van der Waals surface area contributed by atoms with E-state index in [9.17, 15) is 20.1 Å². The van der Waals surface area contributed by atoms with Crippen LogP contribution in [-0.2, 0) is 14.3 Å². The molecule has 0 aliphatic carbocycles. The van der Waals surface area contributed by atoms with Crippen LogP contribution in [-0.4, -0.2) is 75.3 Å². The lowest BCUT2D eigenvalue weighted by molar-refractivity contribution is -0.293. The summed E-state index contributed by atoms with van der Waals surface area (Å²) in [7, 11) is 0. The average molecular weight is 419 g/mol. The zero-order valence-electron chi connectivity index (χ0n) is 12.4. The highest BCUT2D eigenvalue weighted by Gasteiger charge is 2.45. The summed E-state index contributed by atoms with van der Waals surface area (Å²) in [6.07, 6.45) is -7.76. The van der Waals surface area contributed by atoms with Crippen LogP contribution in [0.15, 0.2) is 6.07 Å². The minimum absolute atomic E-state index is 0.00930. The molecule has 4 N–H and O–H groups in total. The maximum absolute atomic E-state index is 11.8. The summed E-state index contributed by atoms with van der Waals surface area (Å²) >= 11 is 17.3. The third kappa shape index (κ3) is 4.83. The Hall–Kier alpha value is -0.910. The SMILES string of the molecule is O=C(COc1nc(Cl)c(Cl)cc1Cl)O[C@@H]1O[C@H](CO)[C@@H](O)[C@H](O)[C@H]1O. The molecule has 1 saturated heterocycles. The van der Waals surface area contributed by atoms with Crippen molar-refractivity contribution >= 4 is 40.8 Å². The number of aromatic nitrogens is 1. The van der Waals surface area contributed by atoms with E-state index >= 15 is 0 Å². The molecule has 0 radical (unpaired) electrons. The lowest BCUT2D eigenvalue weighted by Gasteiger charge is -2.39. The molecule has 0 saturated carbocycles. The highest BCUT2D eigenvalue weighted by molar-refractivity contribution is 6.42. The van der Waals surface area contributed by atoms with Gasteiger partial charge in [-0.25, -0.2) is 4.79 Å². The number of ether oxygens (including phenoxy) is 3. The summed E-state index contributed by atoms with van der Waals surface area (Å²) in [5.41, 5.74) is 0. The maximum Gasteiger partial charge on any atom is 0.346 e. The van der Waals surface area contributed by atoms with Gasteiger partial charge in [-0.05, 0) is 6.07 Å². The number of halogens is 3. The van der Waals surface area contributed by atoms with Crippen LogP contribution in [0.1, 0.15) is 0 Å². The van der Waals surface area contributed by atoms with Gasteiger partial charge in [0.15, 0.2) is 11.8 Å². The van der Waals surface area contributed by atoms with Gasteiger partial charge in [0.25, 0.3) is 0 Å². The third-order valence-electron chi connectivity index (χ3n) is 3.28. The normalized spacial score (nSPS) is 29.3. The van der Waals surface area contributed by atoms with Crippen molar-refractivity contribution in [2.45, 2.75) is 30.7 Å². The van der Waals surface area contributed by atoms with E-state index in [-0.39, 0.29) is 21.1 Å². The fourth-order valence-electron chi connectivity index (χ4n) is 1.99. The van der Waals surface area contributed by atoms with E-state index in [1.54, 1.807) is 0 Å². The summed E-state index contributed by atoms with van der Waals surface area (Å²) < 4.78 is 14.9. The van der Waals surface area contributed by atoms with Gasteiger partial charge in [0.05, 0.1) is 11.6 Å². The summed E-state index contributed by atoms with van der Waals surface area (Å²) in [6, 6.07) is 1.27. The van der Waals surface area contributed by atoms with Crippen molar-refractivity contribution < 1.29 is 39.4 Å². The Morgan fingerprint density at radius 2 is 1.84 bits per heavy atom. The van der Waals surface area contributed by atoms with Gasteiger partial charge in [0.2, 0.25) is 12.2 Å². The van der Waals surface area contributed by atoms with Crippen LogP contribution in [0.2, 0.25) is 15.2 Å². The fourth-order valence-corrected chi connectivity index (χ4v) is 2.53. The number of aliphatic hydroxyl groups excluding tert-OH is 4. The van der Waals surface area contributed by atoms with Crippen LogP contribution >= 0.6 is 34.8 Å². The molecule has 9 nitrogen and oxygen atoms in total. The predicted molar refractivity (Wildman–Crippen MR) is 84.6 cm³/mol. The van der Waals surface area contributed by atoms with Crippen molar-refractivity contribution in [1.82, 2.24) is 4.98 Å². The highest BCUT2D eigenvalue weighted by atomic mass is 35.5. The maximum atomic E-state index is 11.8. The molecule has 0 amide bonds. The Morgan fingerprint density at radius 1 is 1.16 bits per heavy atom. The second kappa shape index (κ2) is 8.65. The minimum atomic E-state index is -1.71. The van der Waals surface area contributed by atoms with Gasteiger partial charge in [-0.1, -0.05) is 34.8 Å². The summed E-state index contributed by atoms with van der Waals surface area (Å²) in [4.78, 5) is 15.5. The largest absolute Gasteiger partial charge is 0.465 e. The molecule has 1 aliphatic rings. The fraction of sp³-hybridized carbons (Fsp3) is 0.538. The Kier molecular flexibility index (Phi) is 7.06. The molecular formula is C13H14Cl3NO8. The number of hydrogen-bond donors (Lipinski definition) is 4. The van der Waals surface area contributed by atoms with Crippen molar-refractivity contribution in [3.8, 4) is 5.88 Å². The first-order valence-corrected chi connectivity index (χ1v) is 8.02. The highest BCUT2D eigenvalue weighted by Crippen LogP contribution is 2.30. The van der Waals surface area contributed by atoms with Gasteiger partial charge in [0.1, 0.15) is 29.4 Å². The van der Waals surface area contributed by atoms with Gasteiger partial charge in [-0.3, -0.25) is 0 Å². The van der Waals surface area contributed by atoms with Crippen molar-refractivity contribution in [3.05, 3.63) is 21.3 Å². The molecule has 2 heterocycles.